The van der Waals surface area contributed by atoms with Gasteiger partial charge in [0.05, 0.1) is 18.3 Å². The van der Waals surface area contributed by atoms with Gasteiger partial charge >= 0.3 is 0 Å². The Kier molecular flexibility index (Phi) is 6.47. The molecule has 4 aliphatic carbocycles. The van der Waals surface area contributed by atoms with E-state index in [1.54, 1.807) is 0 Å². The maximum atomic E-state index is 11.6. The summed E-state index contributed by atoms with van der Waals surface area (Å²) in [7, 11) is 0. The first kappa shape index (κ1) is 23.8. The van der Waals surface area contributed by atoms with Crippen LogP contribution in [-0.2, 0) is 0 Å². The van der Waals surface area contributed by atoms with Gasteiger partial charge in [-0.05, 0) is 78.9 Å². The standard InChI is InChI=1S/C28H48O3/c1-16(2)17(3)7-8-18(4)22-11-12-23-21-10-9-19-13-20(29)14-25(31)28(19,6)26(21)24(30)15-27(22,23)5/h9,16-18,20-26,29-31H,7-8,10-15H2,1-6H3. The van der Waals surface area contributed by atoms with E-state index in [9.17, 15) is 15.3 Å². The average molecular weight is 433 g/mol. The highest BCUT2D eigenvalue weighted by molar-refractivity contribution is 5.28. The molecule has 31 heavy (non-hydrogen) atoms. The fourth-order valence-electron chi connectivity index (χ4n) is 8.85. The second-order valence-corrected chi connectivity index (χ2v) is 12.9. The van der Waals surface area contributed by atoms with Crippen molar-refractivity contribution in [3.05, 3.63) is 11.6 Å². The van der Waals surface area contributed by atoms with Gasteiger partial charge < -0.3 is 15.3 Å². The van der Waals surface area contributed by atoms with E-state index in [0.717, 1.165) is 24.7 Å². The molecule has 0 spiro atoms. The molecule has 0 aromatic rings. The van der Waals surface area contributed by atoms with Gasteiger partial charge in [0.2, 0.25) is 0 Å². The molecule has 11 atom stereocenters. The monoisotopic (exact) mass is 432 g/mol. The summed E-state index contributed by atoms with van der Waals surface area (Å²) in [5.74, 6) is 4.16. The van der Waals surface area contributed by atoms with Crippen LogP contribution in [0.2, 0.25) is 0 Å². The fourth-order valence-corrected chi connectivity index (χ4v) is 8.85. The first-order valence-electron chi connectivity index (χ1n) is 13.2. The molecule has 0 heterocycles. The number of allylic oxidation sites excluding steroid dienone is 1. The molecular formula is C28H48O3. The second kappa shape index (κ2) is 8.44. The van der Waals surface area contributed by atoms with E-state index in [2.05, 4.69) is 47.6 Å². The summed E-state index contributed by atoms with van der Waals surface area (Å²) in [6.45, 7) is 14.2. The van der Waals surface area contributed by atoms with Crippen molar-refractivity contribution in [3.8, 4) is 0 Å². The molecule has 3 N–H and O–H groups in total. The molecule has 4 aliphatic rings. The minimum atomic E-state index is -0.553. The van der Waals surface area contributed by atoms with Gasteiger partial charge in [-0.15, -0.1) is 0 Å². The molecule has 0 radical (unpaired) electrons. The van der Waals surface area contributed by atoms with Crippen LogP contribution in [-0.4, -0.2) is 33.6 Å². The Morgan fingerprint density at radius 1 is 1.03 bits per heavy atom. The van der Waals surface area contributed by atoms with Gasteiger partial charge in [-0.1, -0.05) is 66.0 Å². The lowest BCUT2D eigenvalue weighted by Crippen LogP contribution is -2.60. The molecule has 0 saturated heterocycles. The predicted molar refractivity (Wildman–Crippen MR) is 126 cm³/mol. The van der Waals surface area contributed by atoms with Crippen LogP contribution in [0.1, 0.15) is 92.9 Å². The maximum absolute atomic E-state index is 11.6. The Balaban J connectivity index is 1.56. The van der Waals surface area contributed by atoms with Gasteiger partial charge in [0.25, 0.3) is 0 Å². The highest BCUT2D eigenvalue weighted by Gasteiger charge is 2.63. The van der Waals surface area contributed by atoms with Crippen molar-refractivity contribution in [2.24, 2.45) is 52.3 Å². The third-order valence-corrected chi connectivity index (χ3v) is 11.1. The molecule has 178 valence electrons. The van der Waals surface area contributed by atoms with Crippen LogP contribution in [0, 0.1) is 52.3 Å². The number of hydrogen-bond donors (Lipinski definition) is 3. The molecule has 4 rings (SSSR count). The topological polar surface area (TPSA) is 60.7 Å². The Labute approximate surface area is 190 Å². The van der Waals surface area contributed by atoms with Crippen molar-refractivity contribution in [2.75, 3.05) is 0 Å². The smallest absolute Gasteiger partial charge is 0.0659 e. The number of aliphatic hydroxyl groups is 3. The second-order valence-electron chi connectivity index (χ2n) is 12.9. The van der Waals surface area contributed by atoms with Gasteiger partial charge in [-0.3, -0.25) is 0 Å². The minimum absolute atomic E-state index is 0.128. The van der Waals surface area contributed by atoms with Gasteiger partial charge in [-0.25, -0.2) is 0 Å². The summed E-state index contributed by atoms with van der Waals surface area (Å²) >= 11 is 0. The summed E-state index contributed by atoms with van der Waals surface area (Å²) in [4.78, 5) is 0. The van der Waals surface area contributed by atoms with Gasteiger partial charge in [0.1, 0.15) is 0 Å². The van der Waals surface area contributed by atoms with Crippen LogP contribution in [0.3, 0.4) is 0 Å². The molecule has 0 bridgehead atoms. The fraction of sp³-hybridized carbons (Fsp3) is 0.929. The molecule has 3 fully saturated rings. The quantitative estimate of drug-likeness (QED) is 0.497. The van der Waals surface area contributed by atoms with Crippen LogP contribution >= 0.6 is 0 Å². The molecular weight excluding hydrogens is 384 g/mol. The van der Waals surface area contributed by atoms with Crippen molar-refractivity contribution in [1.29, 1.82) is 0 Å². The molecule has 0 amide bonds. The van der Waals surface area contributed by atoms with Crippen LogP contribution in [0.25, 0.3) is 0 Å². The van der Waals surface area contributed by atoms with Crippen molar-refractivity contribution < 1.29 is 15.3 Å². The Morgan fingerprint density at radius 3 is 2.42 bits per heavy atom. The molecule has 0 aromatic carbocycles. The van der Waals surface area contributed by atoms with E-state index in [-0.39, 0.29) is 22.9 Å². The zero-order valence-electron chi connectivity index (χ0n) is 20.8. The Bertz CT molecular complexity index is 686. The molecule has 0 aliphatic heterocycles. The lowest BCUT2D eigenvalue weighted by atomic mass is 9.45. The average Bonchev–Trinajstić information content (AvgIpc) is 3.03. The third kappa shape index (κ3) is 3.75. The van der Waals surface area contributed by atoms with E-state index in [0.29, 0.717) is 36.5 Å². The van der Waals surface area contributed by atoms with E-state index in [1.807, 2.05) is 0 Å². The van der Waals surface area contributed by atoms with E-state index < -0.39 is 12.2 Å². The maximum Gasteiger partial charge on any atom is 0.0659 e. The van der Waals surface area contributed by atoms with Crippen molar-refractivity contribution in [1.82, 2.24) is 0 Å². The summed E-state index contributed by atoms with van der Waals surface area (Å²) in [5.41, 5.74) is 1.04. The minimum Gasteiger partial charge on any atom is -0.393 e. The normalized spacial score (nSPS) is 49.1. The van der Waals surface area contributed by atoms with Gasteiger partial charge in [0.15, 0.2) is 0 Å². The predicted octanol–water partition coefficient (Wildman–Crippen LogP) is 5.58. The lowest BCUT2D eigenvalue weighted by Gasteiger charge is -2.61. The first-order valence-corrected chi connectivity index (χ1v) is 13.2. The number of rotatable bonds is 5. The Hall–Kier alpha value is -0.380. The highest BCUT2D eigenvalue weighted by atomic mass is 16.3. The van der Waals surface area contributed by atoms with Crippen molar-refractivity contribution in [2.45, 2.75) is 111 Å². The van der Waals surface area contributed by atoms with E-state index in [1.165, 1.54) is 31.3 Å². The number of fused-ring (bicyclic) bond motifs is 5. The summed E-state index contributed by atoms with van der Waals surface area (Å²) in [5, 5.41) is 32.9. The number of aliphatic hydroxyl groups excluding tert-OH is 3. The van der Waals surface area contributed by atoms with E-state index in [4.69, 9.17) is 0 Å². The zero-order chi connectivity index (χ0) is 22.7. The molecule has 3 heteroatoms. The van der Waals surface area contributed by atoms with Gasteiger partial charge in [-0.2, -0.15) is 0 Å². The highest BCUT2D eigenvalue weighted by Crippen LogP contribution is 2.67. The SMILES string of the molecule is CC(C)C(C)CCC(C)C1CCC2C3CC=C4CC(O)CC(O)C4(C)C3C(O)CC12C. The summed E-state index contributed by atoms with van der Waals surface area (Å²) in [6, 6.07) is 0. The first-order chi connectivity index (χ1) is 14.5. The van der Waals surface area contributed by atoms with Crippen LogP contribution < -0.4 is 0 Å². The van der Waals surface area contributed by atoms with Crippen LogP contribution in [0.15, 0.2) is 11.6 Å². The molecule has 3 saturated carbocycles. The molecule has 0 aromatic heterocycles. The zero-order valence-corrected chi connectivity index (χ0v) is 20.8. The largest absolute Gasteiger partial charge is 0.393 e. The molecule has 11 unspecified atom stereocenters. The van der Waals surface area contributed by atoms with Crippen LogP contribution in [0.5, 0.6) is 0 Å². The summed E-state index contributed by atoms with van der Waals surface area (Å²) < 4.78 is 0. The van der Waals surface area contributed by atoms with Gasteiger partial charge in [0, 0.05) is 11.8 Å². The molecule has 3 nitrogen and oxygen atoms in total. The van der Waals surface area contributed by atoms with Crippen LogP contribution in [0.4, 0.5) is 0 Å². The Morgan fingerprint density at radius 2 is 1.74 bits per heavy atom. The van der Waals surface area contributed by atoms with Crippen molar-refractivity contribution in [3.63, 3.8) is 0 Å². The number of hydrogen-bond acceptors (Lipinski definition) is 3. The lowest BCUT2D eigenvalue weighted by molar-refractivity contribution is -0.159. The van der Waals surface area contributed by atoms with E-state index >= 15 is 0 Å². The third-order valence-electron chi connectivity index (χ3n) is 11.1. The summed E-state index contributed by atoms with van der Waals surface area (Å²) in [6.07, 6.45) is 9.17. The van der Waals surface area contributed by atoms with Crippen molar-refractivity contribution >= 4 is 0 Å².